The SMILES string of the molecule is CCOc1ccc(N2CCN(CC(=O)N3CCN(c4cccc(OC)c4)CC3)C2=O)cc1. The summed E-state index contributed by atoms with van der Waals surface area (Å²) < 4.78 is 10.8. The van der Waals surface area contributed by atoms with E-state index in [0.29, 0.717) is 32.8 Å². The minimum atomic E-state index is -0.127. The molecule has 8 heteroatoms. The Balaban J connectivity index is 1.29. The highest BCUT2D eigenvalue weighted by Gasteiger charge is 2.32. The quantitative estimate of drug-likeness (QED) is 0.665. The van der Waals surface area contributed by atoms with E-state index in [2.05, 4.69) is 11.0 Å². The number of carbonyl (C=O) groups is 2. The maximum absolute atomic E-state index is 12.9. The number of methoxy groups -OCH3 is 1. The van der Waals surface area contributed by atoms with Crippen molar-refractivity contribution >= 4 is 23.3 Å². The van der Waals surface area contributed by atoms with Gasteiger partial charge < -0.3 is 24.2 Å². The Kier molecular flexibility index (Phi) is 6.68. The fourth-order valence-corrected chi connectivity index (χ4v) is 4.14. The van der Waals surface area contributed by atoms with Gasteiger partial charge in [0.05, 0.1) is 13.7 Å². The Hall–Kier alpha value is -3.42. The standard InChI is InChI=1S/C24H30N4O4/c1-3-32-21-9-7-19(8-10-21)28-16-15-27(24(28)30)18-23(29)26-13-11-25(12-14-26)20-5-4-6-22(17-20)31-2/h4-10,17H,3,11-16,18H2,1-2H3. The van der Waals surface area contributed by atoms with Gasteiger partial charge in [0.25, 0.3) is 0 Å². The van der Waals surface area contributed by atoms with Crippen molar-refractivity contribution in [1.29, 1.82) is 0 Å². The summed E-state index contributed by atoms with van der Waals surface area (Å²) in [5, 5.41) is 0. The minimum Gasteiger partial charge on any atom is -0.497 e. The molecule has 4 rings (SSSR count). The number of piperazine rings is 1. The number of nitrogens with zero attached hydrogens (tertiary/aromatic N) is 4. The predicted molar refractivity (Wildman–Crippen MR) is 124 cm³/mol. The molecule has 2 heterocycles. The molecule has 0 spiro atoms. The highest BCUT2D eigenvalue weighted by molar-refractivity contribution is 5.96. The summed E-state index contributed by atoms with van der Waals surface area (Å²) in [5.41, 5.74) is 1.91. The second-order valence-corrected chi connectivity index (χ2v) is 7.85. The fraction of sp³-hybridized carbons (Fsp3) is 0.417. The van der Waals surface area contributed by atoms with E-state index in [1.54, 1.807) is 16.9 Å². The van der Waals surface area contributed by atoms with Gasteiger partial charge in [-0.15, -0.1) is 0 Å². The van der Waals surface area contributed by atoms with Crippen LogP contribution in [0, 0.1) is 0 Å². The van der Waals surface area contributed by atoms with Gasteiger partial charge in [-0.3, -0.25) is 9.69 Å². The first-order valence-electron chi connectivity index (χ1n) is 11.0. The molecule has 3 amide bonds. The molecule has 0 bridgehead atoms. The number of anilines is 2. The topological polar surface area (TPSA) is 65.6 Å². The Labute approximate surface area is 188 Å². The third-order valence-electron chi connectivity index (χ3n) is 5.93. The molecular formula is C24H30N4O4. The van der Waals surface area contributed by atoms with Crippen molar-refractivity contribution < 1.29 is 19.1 Å². The Morgan fingerprint density at radius 1 is 0.906 bits per heavy atom. The van der Waals surface area contributed by atoms with Crippen LogP contribution in [0.25, 0.3) is 0 Å². The summed E-state index contributed by atoms with van der Waals surface area (Å²) in [6.45, 7) is 6.56. The van der Waals surface area contributed by atoms with Crippen molar-refractivity contribution in [3.8, 4) is 11.5 Å². The molecule has 0 atom stereocenters. The molecule has 2 saturated heterocycles. The number of hydrogen-bond acceptors (Lipinski definition) is 5. The lowest BCUT2D eigenvalue weighted by atomic mass is 10.2. The molecule has 8 nitrogen and oxygen atoms in total. The Morgan fingerprint density at radius 3 is 2.34 bits per heavy atom. The molecule has 2 aliphatic heterocycles. The van der Waals surface area contributed by atoms with Crippen LogP contribution in [-0.4, -0.2) is 81.3 Å². The highest BCUT2D eigenvalue weighted by Crippen LogP contribution is 2.24. The number of ether oxygens (including phenoxy) is 2. The predicted octanol–water partition coefficient (Wildman–Crippen LogP) is 2.68. The smallest absolute Gasteiger partial charge is 0.325 e. The van der Waals surface area contributed by atoms with Crippen molar-refractivity contribution in [2.75, 3.05) is 69.3 Å². The first-order chi connectivity index (χ1) is 15.6. The lowest BCUT2D eigenvalue weighted by molar-refractivity contribution is -0.131. The van der Waals surface area contributed by atoms with Gasteiger partial charge in [0.2, 0.25) is 5.91 Å². The van der Waals surface area contributed by atoms with E-state index in [9.17, 15) is 9.59 Å². The van der Waals surface area contributed by atoms with E-state index in [-0.39, 0.29) is 18.5 Å². The molecule has 2 aliphatic rings. The van der Waals surface area contributed by atoms with Crippen molar-refractivity contribution in [3.63, 3.8) is 0 Å². The van der Waals surface area contributed by atoms with Crippen molar-refractivity contribution in [2.24, 2.45) is 0 Å². The van der Waals surface area contributed by atoms with Crippen molar-refractivity contribution in [3.05, 3.63) is 48.5 Å². The summed E-state index contributed by atoms with van der Waals surface area (Å²) in [6.07, 6.45) is 0. The molecule has 2 fully saturated rings. The van der Waals surface area contributed by atoms with Gasteiger partial charge >= 0.3 is 6.03 Å². The maximum Gasteiger partial charge on any atom is 0.325 e. The van der Waals surface area contributed by atoms with E-state index in [1.165, 1.54) is 0 Å². The molecule has 0 aromatic heterocycles. The number of benzene rings is 2. The largest absolute Gasteiger partial charge is 0.497 e. The lowest BCUT2D eigenvalue weighted by Gasteiger charge is -2.36. The third kappa shape index (κ3) is 4.74. The van der Waals surface area contributed by atoms with Gasteiger partial charge in [-0.25, -0.2) is 4.79 Å². The molecule has 0 radical (unpaired) electrons. The van der Waals surface area contributed by atoms with Crippen LogP contribution >= 0.6 is 0 Å². The van der Waals surface area contributed by atoms with Gasteiger partial charge in [-0.2, -0.15) is 0 Å². The molecule has 0 unspecified atom stereocenters. The van der Waals surface area contributed by atoms with Crippen LogP contribution in [0.4, 0.5) is 16.2 Å². The second-order valence-electron chi connectivity index (χ2n) is 7.85. The molecule has 170 valence electrons. The van der Waals surface area contributed by atoms with Crippen LogP contribution in [0.3, 0.4) is 0 Å². The van der Waals surface area contributed by atoms with Crippen LogP contribution in [0.1, 0.15) is 6.92 Å². The van der Waals surface area contributed by atoms with Crippen LogP contribution in [-0.2, 0) is 4.79 Å². The van der Waals surface area contributed by atoms with Gasteiger partial charge in [-0.05, 0) is 43.3 Å². The molecule has 0 aliphatic carbocycles. The lowest BCUT2D eigenvalue weighted by Crippen LogP contribution is -2.51. The van der Waals surface area contributed by atoms with Crippen molar-refractivity contribution in [1.82, 2.24) is 9.80 Å². The van der Waals surface area contributed by atoms with Crippen molar-refractivity contribution in [2.45, 2.75) is 6.92 Å². The first kappa shape index (κ1) is 21.8. The van der Waals surface area contributed by atoms with Gasteiger partial charge in [-0.1, -0.05) is 6.07 Å². The summed E-state index contributed by atoms with van der Waals surface area (Å²) in [6, 6.07) is 15.3. The number of hydrogen-bond donors (Lipinski definition) is 0. The second kappa shape index (κ2) is 9.80. The van der Waals surface area contributed by atoms with E-state index in [1.807, 2.05) is 54.3 Å². The summed E-state index contributed by atoms with van der Waals surface area (Å²) in [5.74, 6) is 1.60. The molecule has 2 aromatic carbocycles. The van der Waals surface area contributed by atoms with E-state index >= 15 is 0 Å². The number of amides is 3. The van der Waals surface area contributed by atoms with Gasteiger partial charge in [0, 0.05) is 56.7 Å². The number of rotatable bonds is 7. The minimum absolute atomic E-state index is 0.00261. The summed E-state index contributed by atoms with van der Waals surface area (Å²) in [4.78, 5) is 33.2. The first-order valence-corrected chi connectivity index (χ1v) is 11.0. The Bertz CT molecular complexity index is 941. The zero-order chi connectivity index (χ0) is 22.5. The third-order valence-corrected chi connectivity index (χ3v) is 5.93. The monoisotopic (exact) mass is 438 g/mol. The van der Waals surface area contributed by atoms with E-state index in [0.717, 1.165) is 36.0 Å². The molecule has 2 aromatic rings. The maximum atomic E-state index is 12.9. The molecule has 0 saturated carbocycles. The molecular weight excluding hydrogens is 408 g/mol. The Morgan fingerprint density at radius 2 is 1.66 bits per heavy atom. The van der Waals surface area contributed by atoms with Gasteiger partial charge in [0.1, 0.15) is 18.0 Å². The van der Waals surface area contributed by atoms with Crippen LogP contribution in [0.2, 0.25) is 0 Å². The number of carbonyl (C=O) groups excluding carboxylic acids is 2. The van der Waals surface area contributed by atoms with Crippen LogP contribution < -0.4 is 19.3 Å². The normalized spacial score (nSPS) is 16.5. The average molecular weight is 439 g/mol. The van der Waals surface area contributed by atoms with Crippen LogP contribution in [0.15, 0.2) is 48.5 Å². The number of urea groups is 1. The van der Waals surface area contributed by atoms with E-state index < -0.39 is 0 Å². The average Bonchev–Trinajstić information content (AvgIpc) is 3.19. The zero-order valence-corrected chi connectivity index (χ0v) is 18.7. The molecule has 0 N–H and O–H groups in total. The van der Waals surface area contributed by atoms with Gasteiger partial charge in [0.15, 0.2) is 0 Å². The van der Waals surface area contributed by atoms with E-state index in [4.69, 9.17) is 9.47 Å². The van der Waals surface area contributed by atoms with Crippen LogP contribution in [0.5, 0.6) is 11.5 Å². The highest BCUT2D eigenvalue weighted by atomic mass is 16.5. The molecule has 32 heavy (non-hydrogen) atoms. The summed E-state index contributed by atoms with van der Waals surface area (Å²) >= 11 is 0. The summed E-state index contributed by atoms with van der Waals surface area (Å²) in [7, 11) is 1.66. The zero-order valence-electron chi connectivity index (χ0n) is 18.7. The fourth-order valence-electron chi connectivity index (χ4n) is 4.14.